The molecule has 0 aliphatic carbocycles. The molecule has 0 radical (unpaired) electrons. The fraction of sp³-hybridized carbons (Fsp3) is 0.333. The van der Waals surface area contributed by atoms with Crippen molar-refractivity contribution < 1.29 is 29.4 Å². The predicted molar refractivity (Wildman–Crippen MR) is 183 cm³/mol. The molecule has 2 fully saturated rings. The highest BCUT2D eigenvalue weighted by Crippen LogP contribution is 2.41. The van der Waals surface area contributed by atoms with Gasteiger partial charge in [0.15, 0.2) is 0 Å². The Hall–Kier alpha value is -5.54. The molecular formula is C30H30N12O7S2. The molecular weight excluding hydrogens is 705 g/mol. The maximum Gasteiger partial charge on any atom is 0.352 e. The molecule has 21 heteroatoms. The Morgan fingerprint density at radius 2 is 1.92 bits per heavy atom. The molecule has 3 aliphatic heterocycles. The van der Waals surface area contributed by atoms with E-state index in [1.807, 2.05) is 4.90 Å². The molecule has 3 amide bonds. The zero-order valence-electron chi connectivity index (χ0n) is 26.8. The number of hydrogen-bond donors (Lipinski definition) is 6. The lowest BCUT2D eigenvalue weighted by Crippen LogP contribution is -2.71. The van der Waals surface area contributed by atoms with Crippen LogP contribution in [0.2, 0.25) is 0 Å². The maximum atomic E-state index is 13.8. The molecule has 0 bridgehead atoms. The highest BCUT2D eigenvalue weighted by atomic mass is 32.2. The maximum absolute atomic E-state index is 13.8. The van der Waals surface area contributed by atoms with Gasteiger partial charge in [0, 0.05) is 57.1 Å². The van der Waals surface area contributed by atoms with Gasteiger partial charge in [-0.2, -0.15) is 4.98 Å². The number of rotatable bonds is 10. The first-order valence-corrected chi connectivity index (χ1v) is 17.6. The summed E-state index contributed by atoms with van der Waals surface area (Å²) in [6, 6.07) is 2.98. The summed E-state index contributed by atoms with van der Waals surface area (Å²) >= 11 is 2.51. The number of benzene rings is 1. The van der Waals surface area contributed by atoms with E-state index in [4.69, 9.17) is 0 Å². The van der Waals surface area contributed by atoms with Crippen LogP contribution in [0.15, 0.2) is 57.9 Å². The van der Waals surface area contributed by atoms with Crippen molar-refractivity contribution in [2.45, 2.75) is 22.6 Å². The number of β-lactam (4-membered cyclic amide) rings is 1. The minimum absolute atomic E-state index is 0.0787. The summed E-state index contributed by atoms with van der Waals surface area (Å²) in [7, 11) is 1.65. The number of aromatic nitrogens is 7. The SMILES string of the molecule is Cn1nnnc1SCC1=C(C(=O)O)N2C(=O)C(NC(=O)[C@H](NC(=O)c3c[nH]c4nc(N5CCNCC5)ncc4c3=O)c3ccc(O)cc3)[C@H]2SC1. The Morgan fingerprint density at radius 3 is 2.63 bits per heavy atom. The first kappa shape index (κ1) is 33.9. The van der Waals surface area contributed by atoms with E-state index in [2.05, 4.69) is 46.4 Å². The summed E-state index contributed by atoms with van der Waals surface area (Å²) < 4.78 is 1.45. The van der Waals surface area contributed by atoms with E-state index >= 15 is 0 Å². The second-order valence-electron chi connectivity index (χ2n) is 11.7. The number of nitrogens with zero attached hydrogens (tertiary/aromatic N) is 8. The van der Waals surface area contributed by atoms with Crippen LogP contribution in [-0.2, 0) is 21.4 Å². The molecule has 1 aromatic carbocycles. The van der Waals surface area contributed by atoms with Gasteiger partial charge >= 0.3 is 5.97 Å². The second-order valence-corrected chi connectivity index (χ2v) is 13.8. The number of carbonyl (C=O) groups is 4. The molecule has 264 valence electrons. The topological polar surface area (TPSA) is 254 Å². The number of thioether (sulfide) groups is 2. The van der Waals surface area contributed by atoms with Crippen LogP contribution in [0.5, 0.6) is 5.75 Å². The lowest BCUT2D eigenvalue weighted by atomic mass is 10.0. The third-order valence-corrected chi connectivity index (χ3v) is 11.0. The van der Waals surface area contributed by atoms with Gasteiger partial charge in [0.05, 0.1) is 5.39 Å². The largest absolute Gasteiger partial charge is 0.508 e. The van der Waals surface area contributed by atoms with Gasteiger partial charge in [-0.05, 0) is 33.7 Å². The fourth-order valence-corrected chi connectivity index (χ4v) is 8.22. The van der Waals surface area contributed by atoms with Crippen molar-refractivity contribution in [1.82, 2.24) is 56.0 Å². The molecule has 4 aromatic rings. The molecule has 1 unspecified atom stereocenters. The first-order chi connectivity index (χ1) is 24.6. The fourth-order valence-electron chi connectivity index (χ4n) is 5.89. The normalized spacial score (nSPS) is 19.4. The number of carboxylic acid groups (broad SMARTS) is 1. The van der Waals surface area contributed by atoms with Gasteiger partial charge in [-0.3, -0.25) is 24.1 Å². The van der Waals surface area contributed by atoms with E-state index < -0.39 is 46.6 Å². The Kier molecular flexibility index (Phi) is 9.31. The van der Waals surface area contributed by atoms with Gasteiger partial charge in [-0.15, -0.1) is 16.9 Å². The number of tetrazole rings is 1. The number of aliphatic carboxylic acids is 1. The predicted octanol–water partition coefficient (Wildman–Crippen LogP) is -1.04. The van der Waals surface area contributed by atoms with Gasteiger partial charge in [-0.1, -0.05) is 23.9 Å². The monoisotopic (exact) mass is 734 g/mol. The number of carbonyl (C=O) groups excluding carboxylic acids is 3. The van der Waals surface area contributed by atoms with E-state index in [1.54, 1.807) is 7.05 Å². The number of anilines is 1. The van der Waals surface area contributed by atoms with Crippen molar-refractivity contribution in [3.8, 4) is 5.75 Å². The lowest BCUT2D eigenvalue weighted by Gasteiger charge is -2.49. The molecule has 7 rings (SSSR count). The number of pyridine rings is 1. The number of phenols is 1. The number of aromatic amines is 1. The summed E-state index contributed by atoms with van der Waals surface area (Å²) in [5.41, 5.74) is -0.129. The zero-order chi connectivity index (χ0) is 35.8. The van der Waals surface area contributed by atoms with Crippen LogP contribution < -0.4 is 26.3 Å². The molecule has 6 N–H and O–H groups in total. The van der Waals surface area contributed by atoms with E-state index in [9.17, 15) is 34.2 Å². The average Bonchev–Trinajstić information content (AvgIpc) is 3.56. The molecule has 3 atom stereocenters. The van der Waals surface area contributed by atoms with Gasteiger partial charge in [-0.25, -0.2) is 14.5 Å². The van der Waals surface area contributed by atoms with Gasteiger partial charge < -0.3 is 36.0 Å². The number of hydrogen-bond acceptors (Lipinski definition) is 15. The van der Waals surface area contributed by atoms with Gasteiger partial charge in [0.1, 0.15) is 40.1 Å². The Morgan fingerprint density at radius 1 is 1.16 bits per heavy atom. The van der Waals surface area contributed by atoms with Crippen molar-refractivity contribution in [1.29, 1.82) is 0 Å². The van der Waals surface area contributed by atoms with Crippen LogP contribution in [0.3, 0.4) is 0 Å². The number of nitrogens with one attached hydrogen (secondary N) is 4. The third kappa shape index (κ3) is 6.57. The van der Waals surface area contributed by atoms with Crippen LogP contribution in [0.25, 0.3) is 11.0 Å². The quantitative estimate of drug-likeness (QED) is 0.0840. The number of amides is 3. The van der Waals surface area contributed by atoms with Crippen LogP contribution in [0.1, 0.15) is 22.0 Å². The van der Waals surface area contributed by atoms with E-state index in [-0.39, 0.29) is 45.1 Å². The molecule has 3 aromatic heterocycles. The van der Waals surface area contributed by atoms with E-state index in [0.29, 0.717) is 29.8 Å². The third-order valence-electron chi connectivity index (χ3n) is 8.53. The standard InChI is InChI=1S/C30H30N12O7S2/c1-40-30(37-38-39-40)51-13-15-12-50-27-20(26(47)42(27)21(15)28(48)49)35-25(46)19(14-2-4-16(43)5-3-14)34-24(45)18-11-32-23-17(22(18)44)10-33-29(36-23)41-8-6-31-7-9-41/h2-5,10-11,19-20,27,31,43H,6-9,12-13H2,1H3,(H,34,45)(H,35,46)(H,48,49)(H,32,33,36,44)/t19-,20?,27-/m1/s1. The minimum atomic E-state index is -1.41. The minimum Gasteiger partial charge on any atom is -0.508 e. The summed E-state index contributed by atoms with van der Waals surface area (Å²) in [5, 5.41) is 39.4. The smallest absolute Gasteiger partial charge is 0.352 e. The molecule has 3 aliphatic rings. The van der Waals surface area contributed by atoms with Crippen molar-refractivity contribution in [3.63, 3.8) is 0 Å². The van der Waals surface area contributed by atoms with Gasteiger partial charge in [0.25, 0.3) is 11.8 Å². The van der Waals surface area contributed by atoms with E-state index in [1.165, 1.54) is 64.9 Å². The second kappa shape index (κ2) is 14.0. The number of aryl methyl sites for hydroxylation is 1. The average molecular weight is 735 g/mol. The Bertz CT molecular complexity index is 2130. The van der Waals surface area contributed by atoms with Crippen LogP contribution in [-0.4, -0.2) is 123 Å². The number of carboxylic acids is 1. The number of fused-ring (bicyclic) bond motifs is 2. The Labute approximate surface area is 296 Å². The van der Waals surface area contributed by atoms with Crippen LogP contribution in [0.4, 0.5) is 5.95 Å². The van der Waals surface area contributed by atoms with Crippen molar-refractivity contribution in [2.24, 2.45) is 7.05 Å². The van der Waals surface area contributed by atoms with E-state index in [0.717, 1.165) is 18.0 Å². The zero-order valence-corrected chi connectivity index (χ0v) is 28.4. The van der Waals surface area contributed by atoms with Crippen molar-refractivity contribution in [3.05, 3.63) is 69.3 Å². The summed E-state index contributed by atoms with van der Waals surface area (Å²) in [6.07, 6.45) is 2.56. The van der Waals surface area contributed by atoms with Crippen molar-refractivity contribution in [2.75, 3.05) is 42.6 Å². The number of piperazine rings is 1. The molecule has 19 nitrogen and oxygen atoms in total. The first-order valence-electron chi connectivity index (χ1n) is 15.6. The summed E-state index contributed by atoms with van der Waals surface area (Å²) in [6.45, 7) is 2.93. The highest BCUT2D eigenvalue weighted by Gasteiger charge is 2.54. The summed E-state index contributed by atoms with van der Waals surface area (Å²) in [5.74, 6) is -2.74. The molecule has 6 heterocycles. The molecule has 0 saturated carbocycles. The van der Waals surface area contributed by atoms with Crippen LogP contribution >= 0.6 is 23.5 Å². The van der Waals surface area contributed by atoms with Gasteiger partial charge in [0.2, 0.25) is 22.4 Å². The summed E-state index contributed by atoms with van der Waals surface area (Å²) in [4.78, 5) is 81.3. The lowest BCUT2D eigenvalue weighted by molar-refractivity contribution is -0.151. The molecule has 2 saturated heterocycles. The molecule has 51 heavy (non-hydrogen) atoms. The number of aromatic hydroxyl groups is 1. The molecule has 0 spiro atoms. The van der Waals surface area contributed by atoms with Crippen molar-refractivity contribution >= 4 is 64.2 Å². The number of phenolic OH excluding ortho intramolecular Hbond substituents is 1. The van der Waals surface area contributed by atoms with Crippen LogP contribution in [0, 0.1) is 0 Å². The number of H-pyrrole nitrogens is 1. The Balaban J connectivity index is 1.09. The highest BCUT2D eigenvalue weighted by molar-refractivity contribution is 8.01.